The first-order chi connectivity index (χ1) is 15.0. The third-order valence-corrected chi connectivity index (χ3v) is 7.23. The second-order valence-electron chi connectivity index (χ2n) is 8.42. The molecule has 9 heteroatoms. The largest absolute Gasteiger partial charge is 0.372 e. The number of sulfonamides is 1. The van der Waals surface area contributed by atoms with Crippen molar-refractivity contribution in [3.8, 4) is 0 Å². The summed E-state index contributed by atoms with van der Waals surface area (Å²) in [7, 11) is -3.78. The van der Waals surface area contributed by atoms with Crippen molar-refractivity contribution < 1.29 is 17.6 Å². The van der Waals surface area contributed by atoms with Crippen molar-refractivity contribution in [3.63, 3.8) is 0 Å². The molecule has 1 unspecified atom stereocenters. The van der Waals surface area contributed by atoms with Gasteiger partial charge in [0.15, 0.2) is 0 Å². The fraction of sp³-hybridized carbons (Fsp3) is 0.435. The molecule has 1 heterocycles. The third-order valence-electron chi connectivity index (χ3n) is 5.80. The van der Waals surface area contributed by atoms with Crippen LogP contribution in [-0.2, 0) is 14.8 Å². The van der Waals surface area contributed by atoms with Crippen LogP contribution < -0.4 is 14.5 Å². The van der Waals surface area contributed by atoms with Crippen molar-refractivity contribution in [1.82, 2.24) is 5.32 Å². The first-order valence-electron chi connectivity index (χ1n) is 10.6. The second-order valence-corrected chi connectivity index (χ2v) is 10.7. The summed E-state index contributed by atoms with van der Waals surface area (Å²) < 4.78 is 38.8. The Morgan fingerprint density at radius 3 is 2.41 bits per heavy atom. The van der Waals surface area contributed by atoms with Gasteiger partial charge in [-0.2, -0.15) is 0 Å². The highest BCUT2D eigenvalue weighted by molar-refractivity contribution is 7.92. The Kier molecular flexibility index (Phi) is 7.67. The highest BCUT2D eigenvalue weighted by Gasteiger charge is 2.23. The Hall–Kier alpha value is -2.32. The predicted octanol–water partition coefficient (Wildman–Crippen LogP) is 4.36. The summed E-state index contributed by atoms with van der Waals surface area (Å²) in [5.41, 5.74) is 2.21. The number of piperidine rings is 1. The molecule has 1 saturated heterocycles. The number of nitrogens with zero attached hydrogens (tertiary/aromatic N) is 2. The minimum Gasteiger partial charge on any atom is -0.372 e. The molecule has 2 aromatic carbocycles. The normalized spacial score (nSPS) is 16.0. The molecule has 1 aliphatic rings. The molecular weight excluding hydrogens is 453 g/mol. The van der Waals surface area contributed by atoms with Crippen LogP contribution >= 0.6 is 11.6 Å². The number of carbonyl (C=O) groups excluding carboxylic acids is 1. The maximum atomic E-state index is 13.5. The molecule has 1 fully saturated rings. The minimum absolute atomic E-state index is 0.127. The van der Waals surface area contributed by atoms with Crippen molar-refractivity contribution >= 4 is 38.9 Å². The summed E-state index contributed by atoms with van der Waals surface area (Å²) in [5, 5.41) is 2.62. The Morgan fingerprint density at radius 2 is 1.84 bits per heavy atom. The van der Waals surface area contributed by atoms with E-state index in [0.29, 0.717) is 0 Å². The van der Waals surface area contributed by atoms with Crippen LogP contribution in [0.1, 0.15) is 38.3 Å². The Labute approximate surface area is 194 Å². The minimum atomic E-state index is -3.78. The number of carbonyl (C=O) groups is 1. The van der Waals surface area contributed by atoms with Gasteiger partial charge in [0.05, 0.1) is 23.0 Å². The average molecular weight is 482 g/mol. The zero-order valence-electron chi connectivity index (χ0n) is 18.5. The van der Waals surface area contributed by atoms with Crippen LogP contribution in [0.25, 0.3) is 0 Å². The standard InChI is InChI=1S/C23H29ClFN3O3S/c1-16-10-12-27(13-11-16)19-6-4-18(5-7-19)17(2)26-23(29)15-28(32(3,30)31)20-8-9-22(25)21(24)14-20/h4-9,14,16-17H,10-13,15H2,1-3H3,(H,26,29). The number of benzene rings is 2. The van der Waals surface area contributed by atoms with Crippen molar-refractivity contribution in [1.29, 1.82) is 0 Å². The number of anilines is 2. The monoisotopic (exact) mass is 481 g/mol. The number of hydrogen-bond donors (Lipinski definition) is 1. The topological polar surface area (TPSA) is 69.7 Å². The quantitative estimate of drug-likeness (QED) is 0.638. The van der Waals surface area contributed by atoms with Crippen molar-refractivity contribution in [3.05, 3.63) is 58.9 Å². The lowest BCUT2D eigenvalue weighted by Gasteiger charge is -2.32. The van der Waals surface area contributed by atoms with E-state index in [4.69, 9.17) is 11.6 Å². The Morgan fingerprint density at radius 1 is 1.22 bits per heavy atom. The first-order valence-corrected chi connectivity index (χ1v) is 12.8. The van der Waals surface area contributed by atoms with Crippen molar-refractivity contribution in [2.24, 2.45) is 5.92 Å². The number of hydrogen-bond acceptors (Lipinski definition) is 4. The highest BCUT2D eigenvalue weighted by Crippen LogP contribution is 2.26. The molecule has 2 aromatic rings. The lowest BCUT2D eigenvalue weighted by atomic mass is 9.98. The molecule has 0 aromatic heterocycles. The van der Waals surface area contributed by atoms with Crippen LogP contribution in [0, 0.1) is 11.7 Å². The fourth-order valence-electron chi connectivity index (χ4n) is 3.78. The summed E-state index contributed by atoms with van der Waals surface area (Å²) in [6.45, 7) is 5.77. The molecule has 0 radical (unpaired) electrons. The van der Waals surface area contributed by atoms with E-state index in [9.17, 15) is 17.6 Å². The van der Waals surface area contributed by atoms with E-state index in [2.05, 4.69) is 29.3 Å². The third kappa shape index (κ3) is 6.13. The molecule has 1 atom stereocenters. The Balaban J connectivity index is 1.65. The zero-order valence-corrected chi connectivity index (χ0v) is 20.1. The number of rotatable bonds is 7. The first kappa shape index (κ1) is 24.3. The van der Waals surface area contributed by atoms with Gasteiger partial charge in [-0.15, -0.1) is 0 Å². The predicted molar refractivity (Wildman–Crippen MR) is 127 cm³/mol. The van der Waals surface area contributed by atoms with Gasteiger partial charge < -0.3 is 10.2 Å². The van der Waals surface area contributed by atoms with Gasteiger partial charge in [0.1, 0.15) is 12.4 Å². The smallest absolute Gasteiger partial charge is 0.241 e. The van der Waals surface area contributed by atoms with E-state index in [1.807, 2.05) is 19.1 Å². The average Bonchev–Trinajstić information content (AvgIpc) is 2.74. The molecule has 6 nitrogen and oxygen atoms in total. The SMILES string of the molecule is CC1CCN(c2ccc(C(C)NC(=O)CN(c3ccc(F)c(Cl)c3)S(C)(=O)=O)cc2)CC1. The molecule has 0 aliphatic carbocycles. The van der Waals surface area contributed by atoms with E-state index in [1.54, 1.807) is 0 Å². The van der Waals surface area contributed by atoms with Gasteiger partial charge in [-0.25, -0.2) is 12.8 Å². The molecule has 0 bridgehead atoms. The Bertz CT molecular complexity index is 1050. The summed E-state index contributed by atoms with van der Waals surface area (Å²) in [4.78, 5) is 15.0. The van der Waals surface area contributed by atoms with E-state index < -0.39 is 28.3 Å². The molecule has 1 amide bonds. The van der Waals surface area contributed by atoms with E-state index in [1.165, 1.54) is 25.0 Å². The van der Waals surface area contributed by atoms with Gasteiger partial charge in [0.2, 0.25) is 15.9 Å². The summed E-state index contributed by atoms with van der Waals surface area (Å²) in [6.07, 6.45) is 3.36. The van der Waals surface area contributed by atoms with Gasteiger partial charge in [-0.05, 0) is 61.6 Å². The summed E-state index contributed by atoms with van der Waals surface area (Å²) in [5.74, 6) is -0.375. The number of amides is 1. The van der Waals surface area contributed by atoms with Crippen LogP contribution in [0.2, 0.25) is 5.02 Å². The maximum absolute atomic E-state index is 13.5. The fourth-order valence-corrected chi connectivity index (χ4v) is 4.80. The molecule has 1 aliphatic heterocycles. The van der Waals surface area contributed by atoms with Crippen LogP contribution in [0.4, 0.5) is 15.8 Å². The number of halogens is 2. The molecule has 32 heavy (non-hydrogen) atoms. The summed E-state index contributed by atoms with van der Waals surface area (Å²) in [6, 6.07) is 11.3. The molecular formula is C23H29ClFN3O3S. The van der Waals surface area contributed by atoms with Crippen LogP contribution in [0.15, 0.2) is 42.5 Å². The lowest BCUT2D eigenvalue weighted by Crippen LogP contribution is -2.41. The summed E-state index contributed by atoms with van der Waals surface area (Å²) >= 11 is 5.78. The van der Waals surface area contributed by atoms with Gasteiger partial charge in [-0.3, -0.25) is 9.10 Å². The van der Waals surface area contributed by atoms with Crippen molar-refractivity contribution in [2.45, 2.75) is 32.7 Å². The van der Waals surface area contributed by atoms with Crippen LogP contribution in [0.3, 0.4) is 0 Å². The highest BCUT2D eigenvalue weighted by atomic mass is 35.5. The van der Waals surface area contributed by atoms with Gasteiger partial charge in [0.25, 0.3) is 0 Å². The molecule has 0 saturated carbocycles. The van der Waals surface area contributed by atoms with Crippen molar-refractivity contribution in [2.75, 3.05) is 35.1 Å². The van der Waals surface area contributed by atoms with Gasteiger partial charge >= 0.3 is 0 Å². The maximum Gasteiger partial charge on any atom is 0.241 e. The second kappa shape index (κ2) is 10.1. The van der Waals surface area contributed by atoms with E-state index in [-0.39, 0.29) is 16.8 Å². The molecule has 0 spiro atoms. The molecule has 1 N–H and O–H groups in total. The van der Waals surface area contributed by atoms with Crippen LogP contribution in [0.5, 0.6) is 0 Å². The zero-order chi connectivity index (χ0) is 23.5. The van der Waals surface area contributed by atoms with Gasteiger partial charge in [-0.1, -0.05) is 30.7 Å². The molecule has 174 valence electrons. The van der Waals surface area contributed by atoms with E-state index >= 15 is 0 Å². The van der Waals surface area contributed by atoms with Gasteiger partial charge in [0, 0.05) is 18.8 Å². The van der Waals surface area contributed by atoms with E-state index in [0.717, 1.165) is 46.9 Å². The number of nitrogens with one attached hydrogen (secondary N) is 1. The molecule has 3 rings (SSSR count). The van der Waals surface area contributed by atoms with Crippen LogP contribution in [-0.4, -0.2) is 40.2 Å². The lowest BCUT2D eigenvalue weighted by molar-refractivity contribution is -0.120.